The SMILES string of the molecule is Cc1c(-n2c(N)c3c(cc2=O)C(=O)NC3=O)cc(C(N)=O)cc1[N+](=O)[O-]. The lowest BCUT2D eigenvalue weighted by molar-refractivity contribution is -0.385. The molecule has 1 aliphatic heterocycles. The maximum Gasteiger partial charge on any atom is 0.275 e. The van der Waals surface area contributed by atoms with Crippen LogP contribution in [0, 0.1) is 17.0 Å². The van der Waals surface area contributed by atoms with E-state index in [1.54, 1.807) is 0 Å². The predicted molar refractivity (Wildman–Crippen MR) is 88.2 cm³/mol. The topological polar surface area (TPSA) is 180 Å². The van der Waals surface area contributed by atoms with E-state index in [2.05, 4.69) is 0 Å². The van der Waals surface area contributed by atoms with Crippen LogP contribution in [0.4, 0.5) is 11.5 Å². The average Bonchev–Trinajstić information content (AvgIpc) is 2.82. The number of rotatable bonds is 3. The van der Waals surface area contributed by atoms with Crippen LogP contribution < -0.4 is 22.3 Å². The number of anilines is 1. The summed E-state index contributed by atoms with van der Waals surface area (Å²) in [6.07, 6.45) is 0. The molecule has 132 valence electrons. The minimum atomic E-state index is -0.949. The molecule has 0 radical (unpaired) electrons. The molecule has 11 heteroatoms. The standard InChI is InChI=1S/C15H11N5O6/c1-5-8(2-6(13(17)22)3-9(5)20(25)26)19-10(21)4-7-11(12(19)16)15(24)18-14(7)23/h2-4H,16H2,1H3,(H2,17,22)(H,18,23,24). The van der Waals surface area contributed by atoms with E-state index < -0.39 is 33.9 Å². The molecule has 0 atom stereocenters. The number of carbonyl (C=O) groups is 3. The molecule has 11 nitrogen and oxygen atoms in total. The Kier molecular flexibility index (Phi) is 3.57. The van der Waals surface area contributed by atoms with Crippen LogP contribution in [-0.2, 0) is 0 Å². The molecule has 0 saturated carbocycles. The van der Waals surface area contributed by atoms with Crippen LogP contribution in [0.15, 0.2) is 23.0 Å². The summed E-state index contributed by atoms with van der Waals surface area (Å²) in [5, 5.41) is 13.3. The molecule has 1 aromatic carbocycles. The largest absolute Gasteiger partial charge is 0.384 e. The molecule has 0 spiro atoms. The van der Waals surface area contributed by atoms with Crippen molar-refractivity contribution < 1.29 is 19.3 Å². The maximum absolute atomic E-state index is 12.5. The zero-order chi connectivity index (χ0) is 19.3. The molecule has 0 bridgehead atoms. The van der Waals surface area contributed by atoms with Crippen molar-refractivity contribution in [2.24, 2.45) is 5.73 Å². The van der Waals surface area contributed by atoms with Gasteiger partial charge in [0.15, 0.2) is 0 Å². The summed E-state index contributed by atoms with van der Waals surface area (Å²) in [5.41, 5.74) is 9.15. The van der Waals surface area contributed by atoms with E-state index in [1.807, 2.05) is 5.32 Å². The summed E-state index contributed by atoms with van der Waals surface area (Å²) < 4.78 is 0.825. The zero-order valence-corrected chi connectivity index (χ0v) is 13.2. The molecule has 0 aliphatic carbocycles. The van der Waals surface area contributed by atoms with E-state index in [-0.39, 0.29) is 33.8 Å². The molecule has 0 fully saturated rings. The number of nitrogens with two attached hydrogens (primary N) is 2. The summed E-state index contributed by atoms with van der Waals surface area (Å²) in [6.45, 7) is 1.35. The number of fused-ring (bicyclic) bond motifs is 1. The Morgan fingerprint density at radius 3 is 2.42 bits per heavy atom. The van der Waals surface area contributed by atoms with Gasteiger partial charge in [-0.1, -0.05) is 0 Å². The number of hydrogen-bond donors (Lipinski definition) is 3. The van der Waals surface area contributed by atoms with Gasteiger partial charge in [-0.15, -0.1) is 0 Å². The van der Waals surface area contributed by atoms with Crippen molar-refractivity contribution in [3.63, 3.8) is 0 Å². The summed E-state index contributed by atoms with van der Waals surface area (Å²) in [5.74, 6) is -2.89. The Labute approximate surface area is 144 Å². The molecular weight excluding hydrogens is 346 g/mol. The Morgan fingerprint density at radius 2 is 1.85 bits per heavy atom. The molecule has 2 heterocycles. The lowest BCUT2D eigenvalue weighted by Crippen LogP contribution is -2.25. The first kappa shape index (κ1) is 16.8. The highest BCUT2D eigenvalue weighted by molar-refractivity contribution is 6.23. The number of benzene rings is 1. The van der Waals surface area contributed by atoms with Gasteiger partial charge < -0.3 is 11.5 Å². The van der Waals surface area contributed by atoms with E-state index in [1.165, 1.54) is 6.92 Å². The summed E-state index contributed by atoms with van der Waals surface area (Å²) in [6, 6.07) is 3.03. The van der Waals surface area contributed by atoms with Crippen LogP contribution in [0.5, 0.6) is 0 Å². The molecule has 0 unspecified atom stereocenters. The van der Waals surface area contributed by atoms with Crippen LogP contribution in [-0.4, -0.2) is 27.2 Å². The number of amides is 3. The second kappa shape index (κ2) is 5.51. The molecule has 3 amide bonds. The van der Waals surface area contributed by atoms with E-state index in [9.17, 15) is 29.3 Å². The van der Waals surface area contributed by atoms with Crippen LogP contribution in [0.3, 0.4) is 0 Å². The molecular formula is C15H11N5O6. The Hall–Kier alpha value is -4.02. The summed E-state index contributed by atoms with van der Waals surface area (Å²) in [4.78, 5) is 58.1. The quantitative estimate of drug-likeness (QED) is 0.380. The normalized spacial score (nSPS) is 12.7. The first-order valence-corrected chi connectivity index (χ1v) is 7.14. The summed E-state index contributed by atoms with van der Waals surface area (Å²) in [7, 11) is 0. The second-order valence-electron chi connectivity index (χ2n) is 5.54. The number of aromatic nitrogens is 1. The van der Waals surface area contributed by atoms with Gasteiger partial charge in [0.2, 0.25) is 5.91 Å². The van der Waals surface area contributed by atoms with Crippen molar-refractivity contribution >= 4 is 29.2 Å². The predicted octanol–water partition coefficient (Wildman–Crippen LogP) is -0.381. The third kappa shape index (κ3) is 2.30. The van der Waals surface area contributed by atoms with E-state index in [4.69, 9.17) is 11.5 Å². The fourth-order valence-electron chi connectivity index (χ4n) is 2.78. The van der Waals surface area contributed by atoms with Gasteiger partial charge in [-0.2, -0.15) is 0 Å². The fraction of sp³-hybridized carbons (Fsp3) is 0.0667. The molecule has 0 saturated heterocycles. The fourth-order valence-corrected chi connectivity index (χ4v) is 2.78. The van der Waals surface area contributed by atoms with Gasteiger partial charge in [0.1, 0.15) is 5.82 Å². The van der Waals surface area contributed by atoms with Crippen molar-refractivity contribution in [1.82, 2.24) is 9.88 Å². The molecule has 5 N–H and O–H groups in total. The Bertz CT molecular complexity index is 1100. The van der Waals surface area contributed by atoms with Gasteiger partial charge in [-0.05, 0) is 13.0 Å². The van der Waals surface area contributed by atoms with Gasteiger partial charge in [-0.25, -0.2) is 0 Å². The monoisotopic (exact) mass is 357 g/mol. The van der Waals surface area contributed by atoms with Crippen LogP contribution in [0.1, 0.15) is 36.6 Å². The van der Waals surface area contributed by atoms with E-state index >= 15 is 0 Å². The molecule has 26 heavy (non-hydrogen) atoms. The first-order chi connectivity index (χ1) is 12.1. The highest BCUT2D eigenvalue weighted by Crippen LogP contribution is 2.29. The minimum absolute atomic E-state index is 0.0264. The minimum Gasteiger partial charge on any atom is -0.384 e. The number of carbonyl (C=O) groups excluding carboxylic acids is 3. The molecule has 3 rings (SSSR count). The van der Waals surface area contributed by atoms with Crippen LogP contribution in [0.25, 0.3) is 5.69 Å². The van der Waals surface area contributed by atoms with Gasteiger partial charge >= 0.3 is 0 Å². The smallest absolute Gasteiger partial charge is 0.275 e. The Balaban J connectivity index is 2.42. The number of nitro benzene ring substituents is 1. The van der Waals surface area contributed by atoms with Crippen LogP contribution in [0.2, 0.25) is 0 Å². The van der Waals surface area contributed by atoms with Gasteiger partial charge in [0.05, 0.1) is 27.3 Å². The van der Waals surface area contributed by atoms with Crippen molar-refractivity contribution in [3.8, 4) is 5.69 Å². The number of imide groups is 1. The van der Waals surface area contributed by atoms with E-state index in [0.29, 0.717) is 0 Å². The number of pyridine rings is 1. The van der Waals surface area contributed by atoms with E-state index in [0.717, 1.165) is 22.8 Å². The van der Waals surface area contributed by atoms with Crippen molar-refractivity contribution in [1.29, 1.82) is 0 Å². The number of nitrogens with one attached hydrogen (secondary N) is 1. The number of hydrogen-bond acceptors (Lipinski definition) is 7. The zero-order valence-electron chi connectivity index (χ0n) is 13.2. The van der Waals surface area contributed by atoms with Gasteiger partial charge in [-0.3, -0.25) is 39.2 Å². The highest BCUT2D eigenvalue weighted by atomic mass is 16.6. The van der Waals surface area contributed by atoms with Crippen molar-refractivity contribution in [2.75, 3.05) is 5.73 Å². The highest BCUT2D eigenvalue weighted by Gasteiger charge is 2.32. The number of primary amides is 1. The number of nitrogen functional groups attached to an aromatic ring is 1. The number of nitro groups is 1. The third-order valence-corrected chi connectivity index (χ3v) is 4.03. The van der Waals surface area contributed by atoms with Gasteiger partial charge in [0, 0.05) is 17.7 Å². The third-order valence-electron chi connectivity index (χ3n) is 4.03. The van der Waals surface area contributed by atoms with Crippen LogP contribution >= 0.6 is 0 Å². The second-order valence-corrected chi connectivity index (χ2v) is 5.54. The molecule has 1 aromatic heterocycles. The first-order valence-electron chi connectivity index (χ1n) is 7.14. The number of nitrogens with zero attached hydrogens (tertiary/aromatic N) is 2. The lowest BCUT2D eigenvalue weighted by Gasteiger charge is -2.15. The summed E-state index contributed by atoms with van der Waals surface area (Å²) >= 11 is 0. The lowest BCUT2D eigenvalue weighted by atomic mass is 10.1. The average molecular weight is 357 g/mol. The van der Waals surface area contributed by atoms with Gasteiger partial charge in [0.25, 0.3) is 23.1 Å². The Morgan fingerprint density at radius 1 is 1.19 bits per heavy atom. The molecule has 2 aromatic rings. The van der Waals surface area contributed by atoms with Crippen molar-refractivity contribution in [2.45, 2.75) is 6.92 Å². The van der Waals surface area contributed by atoms with Crippen molar-refractivity contribution in [3.05, 3.63) is 60.9 Å². The molecule has 1 aliphatic rings. The maximum atomic E-state index is 12.5.